The predicted molar refractivity (Wildman–Crippen MR) is 82.0 cm³/mol. The largest absolute Gasteiger partial charge is 0.496 e. The average Bonchev–Trinajstić information content (AvgIpc) is 2.49. The van der Waals surface area contributed by atoms with Gasteiger partial charge in [0.1, 0.15) is 5.75 Å². The van der Waals surface area contributed by atoms with Crippen molar-refractivity contribution in [3.05, 3.63) is 29.8 Å². The highest BCUT2D eigenvalue weighted by atomic mass is 16.5. The van der Waals surface area contributed by atoms with E-state index in [4.69, 9.17) is 4.74 Å². The molecule has 1 aromatic carbocycles. The van der Waals surface area contributed by atoms with Crippen LogP contribution in [0.4, 0.5) is 0 Å². The molecule has 116 valence electrons. The Morgan fingerprint density at radius 3 is 2.57 bits per heavy atom. The Morgan fingerprint density at radius 1 is 1.24 bits per heavy atom. The van der Waals surface area contributed by atoms with Gasteiger partial charge in [-0.25, -0.2) is 0 Å². The van der Waals surface area contributed by atoms with Crippen molar-refractivity contribution in [2.24, 2.45) is 0 Å². The quantitative estimate of drug-likeness (QED) is 0.797. The van der Waals surface area contributed by atoms with Gasteiger partial charge in [0.15, 0.2) is 0 Å². The lowest BCUT2D eigenvalue weighted by Crippen LogP contribution is -2.34. The second kappa shape index (κ2) is 9.00. The van der Waals surface area contributed by atoms with Crippen LogP contribution in [-0.2, 0) is 16.1 Å². The highest BCUT2D eigenvalue weighted by Gasteiger charge is 2.10. The number of nitrogens with zero attached hydrogens (tertiary/aromatic N) is 1. The Kier molecular flexibility index (Phi) is 7.29. The van der Waals surface area contributed by atoms with Crippen LogP contribution < -0.4 is 10.1 Å². The molecule has 21 heavy (non-hydrogen) atoms. The van der Waals surface area contributed by atoms with E-state index >= 15 is 0 Å². The molecule has 0 aliphatic carbocycles. The van der Waals surface area contributed by atoms with Gasteiger partial charge in [-0.2, -0.15) is 0 Å². The number of hydrogen-bond donors (Lipinski definition) is 1. The first-order valence-electron chi connectivity index (χ1n) is 7.22. The first-order chi connectivity index (χ1) is 10.1. The van der Waals surface area contributed by atoms with Crippen LogP contribution in [0.15, 0.2) is 24.3 Å². The third-order valence-corrected chi connectivity index (χ3v) is 3.22. The van der Waals surface area contributed by atoms with Crippen LogP contribution in [0, 0.1) is 0 Å². The van der Waals surface area contributed by atoms with Gasteiger partial charge in [-0.05, 0) is 12.5 Å². The molecule has 0 bridgehead atoms. The number of carbonyl (C=O) groups is 2. The van der Waals surface area contributed by atoms with Crippen molar-refractivity contribution in [1.29, 1.82) is 0 Å². The first-order valence-corrected chi connectivity index (χ1v) is 7.22. The number of amides is 2. The van der Waals surface area contributed by atoms with Gasteiger partial charge in [0, 0.05) is 38.5 Å². The van der Waals surface area contributed by atoms with Crippen molar-refractivity contribution in [1.82, 2.24) is 10.2 Å². The standard InChI is InChI=1S/C16H24N2O3/c1-4-10-18(13(2)19)11-9-16(20)17-12-14-7-5-6-8-15(14)21-3/h5-8H,4,9-12H2,1-3H3,(H,17,20). The lowest BCUT2D eigenvalue weighted by atomic mass is 10.2. The molecule has 5 heteroatoms. The van der Waals surface area contributed by atoms with Crippen LogP contribution >= 0.6 is 0 Å². The fourth-order valence-electron chi connectivity index (χ4n) is 2.06. The van der Waals surface area contributed by atoms with Crippen molar-refractivity contribution in [3.8, 4) is 5.75 Å². The minimum Gasteiger partial charge on any atom is -0.496 e. The molecule has 1 N–H and O–H groups in total. The summed E-state index contributed by atoms with van der Waals surface area (Å²) < 4.78 is 5.24. The smallest absolute Gasteiger partial charge is 0.222 e. The van der Waals surface area contributed by atoms with Crippen LogP contribution in [0.1, 0.15) is 32.3 Å². The maximum Gasteiger partial charge on any atom is 0.222 e. The molecule has 0 spiro atoms. The average molecular weight is 292 g/mol. The SMILES string of the molecule is CCCN(CCC(=O)NCc1ccccc1OC)C(C)=O. The van der Waals surface area contributed by atoms with Gasteiger partial charge >= 0.3 is 0 Å². The van der Waals surface area contributed by atoms with Gasteiger partial charge in [0.05, 0.1) is 7.11 Å². The Labute approximate surface area is 126 Å². The van der Waals surface area contributed by atoms with E-state index in [2.05, 4.69) is 5.32 Å². The number of methoxy groups -OCH3 is 1. The summed E-state index contributed by atoms with van der Waals surface area (Å²) in [7, 11) is 1.61. The van der Waals surface area contributed by atoms with Gasteiger partial charge in [0.25, 0.3) is 0 Å². The molecule has 0 fully saturated rings. The van der Waals surface area contributed by atoms with Gasteiger partial charge in [-0.1, -0.05) is 25.1 Å². The molecule has 0 radical (unpaired) electrons. The molecule has 0 saturated heterocycles. The Bertz CT molecular complexity index is 474. The van der Waals surface area contributed by atoms with E-state index in [0.717, 1.165) is 17.7 Å². The summed E-state index contributed by atoms with van der Waals surface area (Å²) in [6.45, 7) is 5.12. The van der Waals surface area contributed by atoms with E-state index in [1.807, 2.05) is 31.2 Å². The molecule has 5 nitrogen and oxygen atoms in total. The van der Waals surface area contributed by atoms with E-state index in [1.165, 1.54) is 6.92 Å². The van der Waals surface area contributed by atoms with Crippen LogP contribution in [0.2, 0.25) is 0 Å². The minimum absolute atomic E-state index is 0.00868. The predicted octanol–water partition coefficient (Wildman–Crippen LogP) is 1.96. The second-order valence-corrected chi connectivity index (χ2v) is 4.84. The zero-order valence-corrected chi connectivity index (χ0v) is 13.0. The Balaban J connectivity index is 2.42. The van der Waals surface area contributed by atoms with Crippen molar-refractivity contribution in [3.63, 3.8) is 0 Å². The van der Waals surface area contributed by atoms with E-state index in [-0.39, 0.29) is 11.8 Å². The highest BCUT2D eigenvalue weighted by molar-refractivity contribution is 5.78. The molecule has 1 aromatic rings. The maximum atomic E-state index is 11.9. The Morgan fingerprint density at radius 2 is 1.95 bits per heavy atom. The molecular formula is C16H24N2O3. The third-order valence-electron chi connectivity index (χ3n) is 3.22. The number of para-hydroxylation sites is 1. The summed E-state index contributed by atoms with van der Waals surface area (Å²) in [4.78, 5) is 24.9. The van der Waals surface area contributed by atoms with Gasteiger partial charge in [0.2, 0.25) is 11.8 Å². The van der Waals surface area contributed by atoms with Crippen LogP contribution in [0.5, 0.6) is 5.75 Å². The van der Waals surface area contributed by atoms with Crippen LogP contribution in [-0.4, -0.2) is 36.9 Å². The number of hydrogen-bond acceptors (Lipinski definition) is 3. The van der Waals surface area contributed by atoms with Crippen molar-refractivity contribution in [2.75, 3.05) is 20.2 Å². The number of nitrogens with one attached hydrogen (secondary N) is 1. The number of ether oxygens (including phenoxy) is 1. The molecule has 0 unspecified atom stereocenters. The first kappa shape index (κ1) is 17.0. The zero-order valence-electron chi connectivity index (χ0n) is 13.0. The molecule has 0 aromatic heterocycles. The van der Waals surface area contributed by atoms with Gasteiger partial charge < -0.3 is 15.0 Å². The van der Waals surface area contributed by atoms with Gasteiger partial charge in [-0.15, -0.1) is 0 Å². The van der Waals surface area contributed by atoms with Gasteiger partial charge in [-0.3, -0.25) is 9.59 Å². The van der Waals surface area contributed by atoms with E-state index in [1.54, 1.807) is 12.0 Å². The molecule has 0 atom stereocenters. The second-order valence-electron chi connectivity index (χ2n) is 4.84. The van der Waals surface area contributed by atoms with Crippen molar-refractivity contribution < 1.29 is 14.3 Å². The van der Waals surface area contributed by atoms with E-state index < -0.39 is 0 Å². The summed E-state index contributed by atoms with van der Waals surface area (Å²) in [5, 5.41) is 2.85. The lowest BCUT2D eigenvalue weighted by Gasteiger charge is -2.19. The molecular weight excluding hydrogens is 268 g/mol. The third kappa shape index (κ3) is 5.85. The van der Waals surface area contributed by atoms with Crippen molar-refractivity contribution in [2.45, 2.75) is 33.2 Å². The lowest BCUT2D eigenvalue weighted by molar-refractivity contribution is -0.129. The number of benzene rings is 1. The summed E-state index contributed by atoms with van der Waals surface area (Å²) in [6, 6.07) is 7.57. The Hall–Kier alpha value is -2.04. The molecule has 1 rings (SSSR count). The van der Waals surface area contributed by atoms with E-state index in [9.17, 15) is 9.59 Å². The molecule has 2 amide bonds. The van der Waals surface area contributed by atoms with Crippen LogP contribution in [0.25, 0.3) is 0 Å². The fraction of sp³-hybridized carbons (Fsp3) is 0.500. The van der Waals surface area contributed by atoms with Crippen molar-refractivity contribution >= 4 is 11.8 Å². The molecule has 0 saturated carbocycles. The zero-order chi connectivity index (χ0) is 15.7. The normalized spacial score (nSPS) is 10.0. The topological polar surface area (TPSA) is 58.6 Å². The molecule has 0 aliphatic rings. The summed E-state index contributed by atoms with van der Waals surface area (Å²) in [6.07, 6.45) is 1.21. The maximum absolute atomic E-state index is 11.9. The highest BCUT2D eigenvalue weighted by Crippen LogP contribution is 2.16. The fourth-order valence-corrected chi connectivity index (χ4v) is 2.06. The number of rotatable bonds is 8. The van der Waals surface area contributed by atoms with Crippen LogP contribution in [0.3, 0.4) is 0 Å². The minimum atomic E-state index is -0.0664. The number of carbonyl (C=O) groups excluding carboxylic acids is 2. The molecule has 0 aliphatic heterocycles. The summed E-state index contributed by atoms with van der Waals surface area (Å²) in [5.41, 5.74) is 0.935. The monoisotopic (exact) mass is 292 g/mol. The summed E-state index contributed by atoms with van der Waals surface area (Å²) in [5.74, 6) is 0.701. The summed E-state index contributed by atoms with van der Waals surface area (Å²) >= 11 is 0. The molecule has 0 heterocycles. The van der Waals surface area contributed by atoms with E-state index in [0.29, 0.717) is 26.1 Å².